The van der Waals surface area contributed by atoms with E-state index in [9.17, 15) is 4.79 Å². The lowest BCUT2D eigenvalue weighted by atomic mass is 10.1. The molecular weight excluding hydrogens is 370 g/mol. The molecule has 1 amide bonds. The summed E-state index contributed by atoms with van der Waals surface area (Å²) >= 11 is 0. The van der Waals surface area contributed by atoms with Crippen LogP contribution in [0.2, 0.25) is 0 Å². The van der Waals surface area contributed by atoms with Crippen LogP contribution in [0.3, 0.4) is 0 Å². The average molecular weight is 389 g/mol. The minimum Gasteiger partial charge on any atom is -0.484 e. The fourth-order valence-corrected chi connectivity index (χ4v) is 3.49. The lowest BCUT2D eigenvalue weighted by molar-refractivity contribution is -0.123. The van der Waals surface area contributed by atoms with Crippen LogP contribution in [0.4, 0.5) is 0 Å². The Hall–Kier alpha value is -3.67. The molecule has 0 fully saturated rings. The third-order valence-corrected chi connectivity index (χ3v) is 4.99. The molecule has 29 heavy (non-hydrogen) atoms. The van der Waals surface area contributed by atoms with Crippen LogP contribution in [0.25, 0.3) is 21.9 Å². The van der Waals surface area contributed by atoms with Crippen molar-refractivity contribution in [3.05, 3.63) is 66.2 Å². The van der Waals surface area contributed by atoms with Gasteiger partial charge in [-0.15, -0.1) is 0 Å². The summed E-state index contributed by atoms with van der Waals surface area (Å²) in [5.74, 6) is 1.83. The van der Waals surface area contributed by atoms with Crippen molar-refractivity contribution in [2.75, 3.05) is 13.4 Å². The molecule has 1 aliphatic rings. The summed E-state index contributed by atoms with van der Waals surface area (Å²) < 4.78 is 22.2. The Morgan fingerprint density at radius 2 is 1.83 bits per heavy atom. The highest BCUT2D eigenvalue weighted by Crippen LogP contribution is 2.34. The van der Waals surface area contributed by atoms with Crippen molar-refractivity contribution in [1.82, 2.24) is 5.32 Å². The van der Waals surface area contributed by atoms with Crippen molar-refractivity contribution in [1.29, 1.82) is 0 Å². The number of carbonyl (C=O) groups excluding carboxylic acids is 1. The minimum absolute atomic E-state index is 0.0732. The van der Waals surface area contributed by atoms with Gasteiger partial charge in [0.05, 0.1) is 6.04 Å². The lowest BCUT2D eigenvalue weighted by Gasteiger charge is -2.15. The molecule has 0 aliphatic carbocycles. The predicted octanol–water partition coefficient (Wildman–Crippen LogP) is 4.57. The quantitative estimate of drug-likeness (QED) is 0.541. The van der Waals surface area contributed by atoms with Gasteiger partial charge in [0.15, 0.2) is 18.1 Å². The van der Waals surface area contributed by atoms with Gasteiger partial charge in [-0.1, -0.05) is 24.3 Å². The normalized spacial score (nSPS) is 13.6. The van der Waals surface area contributed by atoms with Gasteiger partial charge in [0.2, 0.25) is 6.79 Å². The molecular formula is C23H19NO5. The number of benzene rings is 3. The summed E-state index contributed by atoms with van der Waals surface area (Å²) in [6, 6.07) is 18.9. The maximum absolute atomic E-state index is 12.3. The second-order valence-corrected chi connectivity index (χ2v) is 6.95. The maximum atomic E-state index is 12.3. The van der Waals surface area contributed by atoms with E-state index in [0.717, 1.165) is 33.3 Å². The molecule has 3 aromatic carbocycles. The molecule has 1 aliphatic heterocycles. The van der Waals surface area contributed by atoms with Crippen molar-refractivity contribution in [3.63, 3.8) is 0 Å². The third kappa shape index (κ3) is 3.33. The van der Waals surface area contributed by atoms with Crippen LogP contribution in [0, 0.1) is 0 Å². The van der Waals surface area contributed by atoms with Crippen LogP contribution >= 0.6 is 0 Å². The number of nitrogens with one attached hydrogen (secondary N) is 1. The van der Waals surface area contributed by atoms with Gasteiger partial charge in [0.1, 0.15) is 16.9 Å². The van der Waals surface area contributed by atoms with Crippen LogP contribution in [-0.2, 0) is 4.79 Å². The van der Waals surface area contributed by atoms with Crippen molar-refractivity contribution >= 4 is 27.8 Å². The second-order valence-electron chi connectivity index (χ2n) is 6.95. The minimum atomic E-state index is -0.202. The molecule has 0 unspecified atom stereocenters. The zero-order valence-electron chi connectivity index (χ0n) is 15.8. The number of amides is 1. The van der Waals surface area contributed by atoms with Crippen molar-refractivity contribution < 1.29 is 23.4 Å². The molecule has 6 heteroatoms. The Balaban J connectivity index is 1.25. The van der Waals surface area contributed by atoms with Crippen molar-refractivity contribution in [3.8, 4) is 17.2 Å². The summed E-state index contributed by atoms with van der Waals surface area (Å²) in [4.78, 5) is 12.3. The molecule has 4 aromatic rings. The monoisotopic (exact) mass is 389 g/mol. The molecule has 1 atom stereocenters. The van der Waals surface area contributed by atoms with Crippen LogP contribution in [-0.4, -0.2) is 19.3 Å². The van der Waals surface area contributed by atoms with Gasteiger partial charge >= 0.3 is 0 Å². The maximum Gasteiger partial charge on any atom is 0.258 e. The largest absolute Gasteiger partial charge is 0.484 e. The number of ether oxygens (including phenoxy) is 3. The van der Waals surface area contributed by atoms with E-state index in [1.54, 1.807) is 6.07 Å². The summed E-state index contributed by atoms with van der Waals surface area (Å²) in [5, 5.41) is 4.93. The molecule has 0 radical (unpaired) electrons. The predicted molar refractivity (Wildman–Crippen MR) is 108 cm³/mol. The summed E-state index contributed by atoms with van der Waals surface area (Å²) in [7, 11) is 0. The number of rotatable bonds is 5. The Bertz CT molecular complexity index is 1210. The van der Waals surface area contributed by atoms with Gasteiger partial charge in [-0.2, -0.15) is 0 Å². The fourth-order valence-electron chi connectivity index (χ4n) is 3.49. The molecule has 0 spiro atoms. The Labute approximate surface area is 167 Å². The number of para-hydroxylation sites is 1. The number of furan rings is 1. The van der Waals surface area contributed by atoms with Gasteiger partial charge in [-0.05, 0) is 48.9 Å². The molecule has 0 bridgehead atoms. The molecule has 0 saturated heterocycles. The zero-order chi connectivity index (χ0) is 19.8. The van der Waals surface area contributed by atoms with E-state index in [-0.39, 0.29) is 25.3 Å². The highest BCUT2D eigenvalue weighted by Gasteiger charge is 2.17. The summed E-state index contributed by atoms with van der Waals surface area (Å²) in [5.41, 5.74) is 2.56. The molecule has 1 N–H and O–H groups in total. The highest BCUT2D eigenvalue weighted by atomic mass is 16.7. The van der Waals surface area contributed by atoms with E-state index in [1.807, 2.05) is 61.5 Å². The van der Waals surface area contributed by atoms with E-state index in [0.29, 0.717) is 11.5 Å². The van der Waals surface area contributed by atoms with E-state index in [1.165, 1.54) is 0 Å². The van der Waals surface area contributed by atoms with Gasteiger partial charge in [0.25, 0.3) is 5.91 Å². The molecule has 5 rings (SSSR count). The SMILES string of the molecule is C[C@@H](NC(=O)COc1ccc2oc3ccccc3c2c1)c1ccc2c(c1)OCO2. The van der Waals surface area contributed by atoms with E-state index < -0.39 is 0 Å². The van der Waals surface area contributed by atoms with E-state index >= 15 is 0 Å². The Morgan fingerprint density at radius 3 is 2.76 bits per heavy atom. The summed E-state index contributed by atoms with van der Waals surface area (Å²) in [6.45, 7) is 2.07. The molecule has 2 heterocycles. The number of hydrogen-bond acceptors (Lipinski definition) is 5. The first-order chi connectivity index (χ1) is 14.2. The number of hydrogen-bond donors (Lipinski definition) is 1. The van der Waals surface area contributed by atoms with Crippen LogP contribution in [0.1, 0.15) is 18.5 Å². The van der Waals surface area contributed by atoms with Crippen LogP contribution in [0.5, 0.6) is 17.2 Å². The van der Waals surface area contributed by atoms with E-state index in [4.69, 9.17) is 18.6 Å². The fraction of sp³-hybridized carbons (Fsp3) is 0.174. The van der Waals surface area contributed by atoms with Gasteiger partial charge in [-0.3, -0.25) is 4.79 Å². The standard InChI is InChI=1S/C23H19NO5/c1-14(15-6-8-21-22(10-15)28-13-27-21)24-23(25)12-26-16-7-9-20-18(11-16)17-4-2-3-5-19(17)29-20/h2-11,14H,12-13H2,1H3,(H,24,25)/t14-/m1/s1. The smallest absolute Gasteiger partial charge is 0.258 e. The van der Waals surface area contributed by atoms with Gasteiger partial charge in [0, 0.05) is 10.8 Å². The third-order valence-electron chi connectivity index (χ3n) is 4.99. The number of carbonyl (C=O) groups is 1. The highest BCUT2D eigenvalue weighted by molar-refractivity contribution is 6.05. The first-order valence-corrected chi connectivity index (χ1v) is 9.40. The molecule has 0 saturated carbocycles. The number of fused-ring (bicyclic) bond motifs is 4. The zero-order valence-corrected chi connectivity index (χ0v) is 15.8. The van der Waals surface area contributed by atoms with Crippen molar-refractivity contribution in [2.24, 2.45) is 0 Å². The van der Waals surface area contributed by atoms with Gasteiger partial charge < -0.3 is 23.9 Å². The van der Waals surface area contributed by atoms with Crippen LogP contribution in [0.15, 0.2) is 65.1 Å². The molecule has 1 aromatic heterocycles. The lowest BCUT2D eigenvalue weighted by Crippen LogP contribution is -2.31. The summed E-state index contributed by atoms with van der Waals surface area (Å²) in [6.07, 6.45) is 0. The van der Waals surface area contributed by atoms with Crippen LogP contribution < -0.4 is 19.5 Å². The Morgan fingerprint density at radius 1 is 1.00 bits per heavy atom. The van der Waals surface area contributed by atoms with Gasteiger partial charge in [-0.25, -0.2) is 0 Å². The van der Waals surface area contributed by atoms with E-state index in [2.05, 4.69) is 5.32 Å². The Kier molecular flexibility index (Phi) is 4.24. The van der Waals surface area contributed by atoms with Crippen molar-refractivity contribution in [2.45, 2.75) is 13.0 Å². The first-order valence-electron chi connectivity index (χ1n) is 9.40. The average Bonchev–Trinajstić information content (AvgIpc) is 3.35. The second kappa shape index (κ2) is 7.05. The first kappa shape index (κ1) is 17.4. The topological polar surface area (TPSA) is 69.9 Å². The molecule has 6 nitrogen and oxygen atoms in total. The molecule has 146 valence electrons.